The Bertz CT molecular complexity index is 591. The van der Waals surface area contributed by atoms with Crippen molar-refractivity contribution in [2.75, 3.05) is 17.7 Å². The summed E-state index contributed by atoms with van der Waals surface area (Å²) in [4.78, 5) is 1.96. The number of nitrogen functional groups attached to an aromatic ring is 1. The van der Waals surface area contributed by atoms with E-state index < -0.39 is 0 Å². The summed E-state index contributed by atoms with van der Waals surface area (Å²) in [5.74, 6) is 0. The highest BCUT2D eigenvalue weighted by Crippen LogP contribution is 2.33. The summed E-state index contributed by atoms with van der Waals surface area (Å²) in [6.07, 6.45) is 0. The fourth-order valence-electron chi connectivity index (χ4n) is 2.12. The zero-order valence-electron chi connectivity index (χ0n) is 10.5. The molecule has 0 saturated carbocycles. The van der Waals surface area contributed by atoms with Crippen molar-refractivity contribution in [2.45, 2.75) is 6.92 Å². The molecule has 0 unspecified atom stereocenters. The molecule has 0 heterocycles. The van der Waals surface area contributed by atoms with Crippen LogP contribution in [0.4, 0.5) is 17.1 Å². The van der Waals surface area contributed by atoms with Crippen molar-refractivity contribution in [3.63, 3.8) is 0 Å². The van der Waals surface area contributed by atoms with Crippen LogP contribution in [-0.2, 0) is 0 Å². The molecule has 0 spiro atoms. The van der Waals surface area contributed by atoms with Crippen LogP contribution in [0.1, 0.15) is 11.1 Å². The lowest BCUT2D eigenvalue weighted by Crippen LogP contribution is -2.14. The van der Waals surface area contributed by atoms with Gasteiger partial charge < -0.3 is 10.6 Å². The standard InChI is InChI=1S/C15H15N3/c1-11-6-5-8-13(17)15(11)18(2)14-9-4-3-7-12(14)10-16/h3-9H,17H2,1-2H3. The van der Waals surface area contributed by atoms with Crippen molar-refractivity contribution < 1.29 is 0 Å². The van der Waals surface area contributed by atoms with E-state index in [4.69, 9.17) is 11.0 Å². The molecule has 2 N–H and O–H groups in total. The Morgan fingerprint density at radius 2 is 1.83 bits per heavy atom. The summed E-state index contributed by atoms with van der Waals surface area (Å²) < 4.78 is 0. The van der Waals surface area contributed by atoms with Crippen molar-refractivity contribution >= 4 is 17.1 Å². The number of nitrogens with zero attached hydrogens (tertiary/aromatic N) is 2. The molecule has 3 nitrogen and oxygen atoms in total. The molecular weight excluding hydrogens is 222 g/mol. The van der Waals surface area contributed by atoms with E-state index in [-0.39, 0.29) is 0 Å². The quantitative estimate of drug-likeness (QED) is 0.816. The fourth-order valence-corrected chi connectivity index (χ4v) is 2.12. The van der Waals surface area contributed by atoms with Crippen LogP contribution in [-0.4, -0.2) is 7.05 Å². The van der Waals surface area contributed by atoms with Crippen LogP contribution in [0.15, 0.2) is 42.5 Å². The minimum Gasteiger partial charge on any atom is -0.397 e. The maximum absolute atomic E-state index is 9.14. The van der Waals surface area contributed by atoms with E-state index in [0.29, 0.717) is 11.3 Å². The average molecular weight is 237 g/mol. The van der Waals surface area contributed by atoms with Gasteiger partial charge in [-0.25, -0.2) is 0 Å². The third-order valence-corrected chi connectivity index (χ3v) is 2.99. The van der Waals surface area contributed by atoms with Crippen LogP contribution >= 0.6 is 0 Å². The second-order valence-corrected chi connectivity index (χ2v) is 4.20. The third-order valence-electron chi connectivity index (χ3n) is 2.99. The molecular formula is C15H15N3. The topological polar surface area (TPSA) is 53.0 Å². The van der Waals surface area contributed by atoms with Crippen molar-refractivity contribution in [1.82, 2.24) is 0 Å². The van der Waals surface area contributed by atoms with Crippen molar-refractivity contribution in [3.8, 4) is 6.07 Å². The smallest absolute Gasteiger partial charge is 0.101 e. The third kappa shape index (κ3) is 2.01. The first kappa shape index (κ1) is 12.0. The van der Waals surface area contributed by atoms with Crippen LogP contribution < -0.4 is 10.6 Å². The maximum Gasteiger partial charge on any atom is 0.101 e. The van der Waals surface area contributed by atoms with Gasteiger partial charge in [-0.15, -0.1) is 0 Å². The second-order valence-electron chi connectivity index (χ2n) is 4.20. The first-order valence-corrected chi connectivity index (χ1v) is 5.73. The highest BCUT2D eigenvalue weighted by atomic mass is 15.1. The molecule has 0 saturated heterocycles. The van der Waals surface area contributed by atoms with Gasteiger partial charge in [-0.05, 0) is 30.7 Å². The Balaban J connectivity index is 2.56. The van der Waals surface area contributed by atoms with Gasteiger partial charge in [0.15, 0.2) is 0 Å². The van der Waals surface area contributed by atoms with E-state index in [1.165, 1.54) is 0 Å². The molecule has 0 aromatic heterocycles. The molecule has 3 heteroatoms. The molecule has 0 radical (unpaired) electrons. The van der Waals surface area contributed by atoms with Gasteiger partial charge in [-0.3, -0.25) is 0 Å². The summed E-state index contributed by atoms with van der Waals surface area (Å²) in [6, 6.07) is 15.5. The van der Waals surface area contributed by atoms with Gasteiger partial charge in [0.25, 0.3) is 0 Å². The Morgan fingerprint density at radius 1 is 1.11 bits per heavy atom. The number of hydrogen-bond donors (Lipinski definition) is 1. The molecule has 0 aliphatic heterocycles. The maximum atomic E-state index is 9.14. The molecule has 2 aromatic rings. The lowest BCUT2D eigenvalue weighted by molar-refractivity contribution is 1.18. The molecule has 0 fully saturated rings. The molecule has 0 atom stereocenters. The van der Waals surface area contributed by atoms with Crippen molar-refractivity contribution in [2.24, 2.45) is 0 Å². The van der Waals surface area contributed by atoms with Crippen molar-refractivity contribution in [3.05, 3.63) is 53.6 Å². The zero-order chi connectivity index (χ0) is 13.1. The number of rotatable bonds is 2. The Hall–Kier alpha value is -2.47. The Morgan fingerprint density at radius 3 is 2.50 bits per heavy atom. The van der Waals surface area contributed by atoms with Crippen LogP contribution in [0.5, 0.6) is 0 Å². The van der Waals surface area contributed by atoms with Crippen LogP contribution in [0.3, 0.4) is 0 Å². The summed E-state index contributed by atoms with van der Waals surface area (Å²) in [5, 5.41) is 9.14. The lowest BCUT2D eigenvalue weighted by atomic mass is 10.1. The monoisotopic (exact) mass is 237 g/mol. The molecule has 2 rings (SSSR count). The van der Waals surface area contributed by atoms with Gasteiger partial charge in [-0.2, -0.15) is 5.26 Å². The van der Waals surface area contributed by atoms with Gasteiger partial charge in [0, 0.05) is 7.05 Å². The SMILES string of the molecule is Cc1cccc(N)c1N(C)c1ccccc1C#N. The minimum absolute atomic E-state index is 0.641. The van der Waals surface area contributed by atoms with Gasteiger partial charge in [0.1, 0.15) is 6.07 Å². The van der Waals surface area contributed by atoms with Gasteiger partial charge >= 0.3 is 0 Å². The molecule has 0 aliphatic rings. The highest BCUT2D eigenvalue weighted by molar-refractivity contribution is 5.79. The Labute approximate surface area is 107 Å². The predicted molar refractivity (Wildman–Crippen MR) is 74.8 cm³/mol. The number of nitriles is 1. The predicted octanol–water partition coefficient (Wildman–Crippen LogP) is 3.22. The molecule has 0 amide bonds. The number of aryl methyl sites for hydroxylation is 1. The number of para-hydroxylation sites is 2. The summed E-state index contributed by atoms with van der Waals surface area (Å²) in [5.41, 5.74) is 10.3. The van der Waals surface area contributed by atoms with Gasteiger partial charge in [0.2, 0.25) is 0 Å². The largest absolute Gasteiger partial charge is 0.397 e. The van der Waals surface area contributed by atoms with E-state index in [0.717, 1.165) is 16.9 Å². The first-order valence-electron chi connectivity index (χ1n) is 5.73. The van der Waals surface area contributed by atoms with E-state index >= 15 is 0 Å². The zero-order valence-corrected chi connectivity index (χ0v) is 10.5. The van der Waals surface area contributed by atoms with Crippen LogP contribution in [0.25, 0.3) is 0 Å². The van der Waals surface area contributed by atoms with Crippen molar-refractivity contribution in [1.29, 1.82) is 5.26 Å². The normalized spacial score (nSPS) is 9.83. The van der Waals surface area contributed by atoms with E-state index in [1.54, 1.807) is 6.07 Å². The average Bonchev–Trinajstić information content (AvgIpc) is 2.38. The fraction of sp³-hybridized carbons (Fsp3) is 0.133. The second kappa shape index (κ2) is 4.80. The number of anilines is 3. The molecule has 0 bridgehead atoms. The molecule has 90 valence electrons. The van der Waals surface area contributed by atoms with E-state index in [1.807, 2.05) is 55.3 Å². The molecule has 0 aliphatic carbocycles. The highest BCUT2D eigenvalue weighted by Gasteiger charge is 2.13. The number of hydrogen-bond acceptors (Lipinski definition) is 3. The number of nitrogens with two attached hydrogens (primary N) is 1. The minimum atomic E-state index is 0.641. The van der Waals surface area contributed by atoms with E-state index in [9.17, 15) is 0 Å². The summed E-state index contributed by atoms with van der Waals surface area (Å²) >= 11 is 0. The van der Waals surface area contributed by atoms with E-state index in [2.05, 4.69) is 6.07 Å². The van der Waals surface area contributed by atoms with Gasteiger partial charge in [-0.1, -0.05) is 24.3 Å². The molecule has 18 heavy (non-hydrogen) atoms. The summed E-state index contributed by atoms with van der Waals surface area (Å²) in [6.45, 7) is 2.01. The molecule has 2 aromatic carbocycles. The van der Waals surface area contributed by atoms with Crippen LogP contribution in [0, 0.1) is 18.3 Å². The van der Waals surface area contributed by atoms with Gasteiger partial charge in [0.05, 0.1) is 22.6 Å². The lowest BCUT2D eigenvalue weighted by Gasteiger charge is -2.24. The summed E-state index contributed by atoms with van der Waals surface area (Å²) in [7, 11) is 1.93. The van der Waals surface area contributed by atoms with Crippen LogP contribution in [0.2, 0.25) is 0 Å². The number of benzene rings is 2. The first-order chi connectivity index (χ1) is 8.65. The Kier molecular flexibility index (Phi) is 3.20.